The van der Waals surface area contributed by atoms with Gasteiger partial charge in [-0.3, -0.25) is 9.82 Å². The molecule has 3 N–H and O–H groups in total. The van der Waals surface area contributed by atoms with Gasteiger partial charge in [0.15, 0.2) is 0 Å². The van der Waals surface area contributed by atoms with Crippen LogP contribution in [0.15, 0.2) is 0 Å². The minimum atomic E-state index is -4.01. The Morgan fingerprint density at radius 1 is 1.47 bits per heavy atom. The Morgan fingerprint density at radius 2 is 2.12 bits per heavy atom. The Bertz CT molecular complexity index is 488. The molecule has 9 heteroatoms. The fraction of sp³-hybridized carbons (Fsp3) is 0.500. The molecule has 1 rings (SSSR count). The molecular weight excluding hydrogens is 248 g/mol. The summed E-state index contributed by atoms with van der Waals surface area (Å²) in [6.07, 6.45) is -1.03. The molecule has 17 heavy (non-hydrogen) atoms. The highest BCUT2D eigenvalue weighted by Crippen LogP contribution is 2.16. The molecule has 0 aliphatic rings. The van der Waals surface area contributed by atoms with Crippen LogP contribution in [-0.2, 0) is 14.9 Å². The lowest BCUT2D eigenvalue weighted by molar-refractivity contribution is 0.159. The SMILES string of the molecule is CCOC(=O)NS(=O)(=O)Nc1c(C)n[nH]c1C. The summed E-state index contributed by atoms with van der Waals surface area (Å²) in [6, 6.07) is 0. The minimum absolute atomic E-state index is 0.0884. The zero-order chi connectivity index (χ0) is 13.1. The van der Waals surface area contributed by atoms with E-state index in [0.717, 1.165) is 0 Å². The number of nitrogens with one attached hydrogen (secondary N) is 3. The number of amides is 1. The second kappa shape index (κ2) is 5.04. The lowest BCUT2D eigenvalue weighted by Gasteiger charge is -2.08. The zero-order valence-electron chi connectivity index (χ0n) is 9.70. The third-order valence-corrected chi connectivity index (χ3v) is 2.77. The highest BCUT2D eigenvalue weighted by molar-refractivity contribution is 7.91. The van der Waals surface area contributed by atoms with Crippen LogP contribution in [0.2, 0.25) is 0 Å². The Hall–Kier alpha value is -1.77. The van der Waals surface area contributed by atoms with Crippen LogP contribution < -0.4 is 9.44 Å². The third-order valence-electron chi connectivity index (χ3n) is 1.86. The highest BCUT2D eigenvalue weighted by atomic mass is 32.2. The Labute approximate surface area is 98.9 Å². The van der Waals surface area contributed by atoms with Crippen LogP contribution in [0.3, 0.4) is 0 Å². The van der Waals surface area contributed by atoms with Crippen LogP contribution in [0.1, 0.15) is 18.3 Å². The van der Waals surface area contributed by atoms with E-state index < -0.39 is 16.3 Å². The van der Waals surface area contributed by atoms with Gasteiger partial charge < -0.3 is 4.74 Å². The average Bonchev–Trinajstić information content (AvgIpc) is 2.48. The molecule has 0 aromatic carbocycles. The van der Waals surface area contributed by atoms with Gasteiger partial charge in [0.25, 0.3) is 0 Å². The molecule has 0 bridgehead atoms. The predicted octanol–water partition coefficient (Wildman–Crippen LogP) is 0.429. The van der Waals surface area contributed by atoms with Gasteiger partial charge in [-0.2, -0.15) is 13.5 Å². The smallest absolute Gasteiger partial charge is 0.422 e. The van der Waals surface area contributed by atoms with Crippen molar-refractivity contribution in [1.29, 1.82) is 0 Å². The molecule has 0 unspecified atom stereocenters. The number of aryl methyl sites for hydroxylation is 2. The molecule has 96 valence electrons. The highest BCUT2D eigenvalue weighted by Gasteiger charge is 2.18. The van der Waals surface area contributed by atoms with Gasteiger partial charge in [-0.25, -0.2) is 9.52 Å². The van der Waals surface area contributed by atoms with Gasteiger partial charge in [0.05, 0.1) is 23.7 Å². The number of ether oxygens (including phenoxy) is 1. The number of aromatic amines is 1. The van der Waals surface area contributed by atoms with Crippen LogP contribution in [-0.4, -0.2) is 31.3 Å². The molecule has 0 aliphatic carbocycles. The van der Waals surface area contributed by atoms with Gasteiger partial charge in [-0.1, -0.05) is 0 Å². The molecule has 0 aliphatic heterocycles. The summed E-state index contributed by atoms with van der Waals surface area (Å²) in [4.78, 5) is 11.0. The number of hydrogen-bond donors (Lipinski definition) is 3. The number of nitrogens with zero attached hydrogens (tertiary/aromatic N) is 1. The van der Waals surface area contributed by atoms with Crippen LogP contribution in [0.25, 0.3) is 0 Å². The van der Waals surface area contributed by atoms with Crippen molar-refractivity contribution in [2.75, 3.05) is 11.3 Å². The molecular formula is C8H14N4O4S. The first-order valence-corrected chi connectivity index (χ1v) is 6.33. The quantitative estimate of drug-likeness (QED) is 0.728. The fourth-order valence-corrected chi connectivity index (χ4v) is 2.03. The van der Waals surface area contributed by atoms with Crippen molar-refractivity contribution >= 4 is 22.0 Å². The van der Waals surface area contributed by atoms with Crippen LogP contribution >= 0.6 is 0 Å². The van der Waals surface area contributed by atoms with Crippen molar-refractivity contribution in [2.24, 2.45) is 0 Å². The summed E-state index contributed by atoms with van der Waals surface area (Å²) < 4.78 is 31.4. The van der Waals surface area contributed by atoms with Crippen molar-refractivity contribution < 1.29 is 17.9 Å². The molecule has 0 fully saturated rings. The van der Waals surface area contributed by atoms with Crippen molar-refractivity contribution in [1.82, 2.24) is 14.9 Å². The zero-order valence-corrected chi connectivity index (χ0v) is 10.5. The van der Waals surface area contributed by atoms with Crippen LogP contribution in [0.5, 0.6) is 0 Å². The Balaban J connectivity index is 2.77. The van der Waals surface area contributed by atoms with Gasteiger partial charge in [0, 0.05) is 0 Å². The normalized spacial score (nSPS) is 11.0. The molecule has 1 aromatic heterocycles. The molecule has 0 radical (unpaired) electrons. The van der Waals surface area contributed by atoms with Crippen molar-refractivity contribution in [3.05, 3.63) is 11.4 Å². The molecule has 0 atom stereocenters. The number of rotatable bonds is 4. The number of H-pyrrole nitrogens is 1. The molecule has 0 saturated heterocycles. The van der Waals surface area contributed by atoms with E-state index in [1.807, 2.05) is 0 Å². The number of carbonyl (C=O) groups excluding carboxylic acids is 1. The first-order chi connectivity index (χ1) is 7.85. The average molecular weight is 262 g/mol. The van der Waals surface area contributed by atoms with Crippen LogP contribution in [0.4, 0.5) is 10.5 Å². The van der Waals surface area contributed by atoms with E-state index in [2.05, 4.69) is 19.7 Å². The van der Waals surface area contributed by atoms with Crippen LogP contribution in [0, 0.1) is 13.8 Å². The first kappa shape index (κ1) is 13.3. The van der Waals surface area contributed by atoms with Gasteiger partial charge in [0.1, 0.15) is 0 Å². The molecule has 1 amide bonds. The van der Waals surface area contributed by atoms with Gasteiger partial charge in [-0.15, -0.1) is 0 Å². The largest absolute Gasteiger partial charge is 0.449 e. The van der Waals surface area contributed by atoms with E-state index in [1.165, 1.54) is 0 Å². The van der Waals surface area contributed by atoms with E-state index in [1.54, 1.807) is 25.5 Å². The maximum Gasteiger partial charge on any atom is 0.422 e. The summed E-state index contributed by atoms with van der Waals surface area (Å²) in [5.74, 6) is 0. The van der Waals surface area contributed by atoms with E-state index in [4.69, 9.17) is 0 Å². The van der Waals surface area contributed by atoms with E-state index in [-0.39, 0.29) is 6.61 Å². The van der Waals surface area contributed by atoms with Gasteiger partial charge in [-0.05, 0) is 20.8 Å². The number of aromatic nitrogens is 2. The maximum atomic E-state index is 11.5. The summed E-state index contributed by atoms with van der Waals surface area (Å²) in [5.41, 5.74) is 1.34. The summed E-state index contributed by atoms with van der Waals surface area (Å²) >= 11 is 0. The van der Waals surface area contributed by atoms with Crippen molar-refractivity contribution in [3.8, 4) is 0 Å². The summed E-state index contributed by atoms with van der Waals surface area (Å²) in [7, 11) is -4.01. The Morgan fingerprint density at radius 3 is 2.59 bits per heavy atom. The standard InChI is InChI=1S/C8H14N4O4S/c1-4-16-8(13)12-17(14,15)11-7-5(2)9-10-6(7)3/h11H,4H2,1-3H3,(H,9,10)(H,12,13). The Kier molecular flexibility index (Phi) is 3.94. The second-order valence-electron chi connectivity index (χ2n) is 3.24. The summed E-state index contributed by atoms with van der Waals surface area (Å²) in [5, 5.41) is 6.44. The number of anilines is 1. The first-order valence-electron chi connectivity index (χ1n) is 4.84. The van der Waals surface area contributed by atoms with E-state index in [9.17, 15) is 13.2 Å². The predicted molar refractivity (Wildman–Crippen MR) is 60.8 cm³/mol. The topological polar surface area (TPSA) is 113 Å². The number of hydrogen-bond acceptors (Lipinski definition) is 5. The van der Waals surface area contributed by atoms with Crippen molar-refractivity contribution in [2.45, 2.75) is 20.8 Å². The molecule has 0 saturated carbocycles. The van der Waals surface area contributed by atoms with E-state index >= 15 is 0 Å². The van der Waals surface area contributed by atoms with Gasteiger partial charge in [0.2, 0.25) is 0 Å². The maximum absolute atomic E-state index is 11.5. The lowest BCUT2D eigenvalue weighted by atomic mass is 10.3. The fourth-order valence-electron chi connectivity index (χ4n) is 1.13. The number of carbonyl (C=O) groups is 1. The molecule has 1 aromatic rings. The lowest BCUT2D eigenvalue weighted by Crippen LogP contribution is -2.36. The van der Waals surface area contributed by atoms with Gasteiger partial charge >= 0.3 is 16.3 Å². The molecule has 1 heterocycles. The second-order valence-corrected chi connectivity index (χ2v) is 4.65. The van der Waals surface area contributed by atoms with Crippen molar-refractivity contribution in [3.63, 3.8) is 0 Å². The summed E-state index contributed by atoms with van der Waals surface area (Å²) in [6.45, 7) is 4.95. The van der Waals surface area contributed by atoms with E-state index in [0.29, 0.717) is 17.1 Å². The third kappa shape index (κ3) is 3.63. The molecule has 8 nitrogen and oxygen atoms in total. The monoisotopic (exact) mass is 262 g/mol. The minimum Gasteiger partial charge on any atom is -0.449 e. The molecule has 0 spiro atoms.